The Balaban J connectivity index is 0. The predicted octanol–water partition coefficient (Wildman–Crippen LogP) is 3.30. The second-order valence-electron chi connectivity index (χ2n) is 2.45. The van der Waals surface area contributed by atoms with Gasteiger partial charge in [0.2, 0.25) is 0 Å². The minimum atomic E-state index is 0. The second-order valence-corrected chi connectivity index (χ2v) is 2.45. The number of hydrogen-bond donors (Lipinski definition) is 0. The summed E-state index contributed by atoms with van der Waals surface area (Å²) in [4.78, 5) is 0. The maximum absolute atomic E-state index is 2.50. The average Bonchev–Trinajstić information content (AvgIpc) is 2.54. The summed E-state index contributed by atoms with van der Waals surface area (Å²) >= 11 is 0. The summed E-state index contributed by atoms with van der Waals surface area (Å²) < 4.78 is 0. The standard InChI is InChI=1S/C7.C5H9.CH3.Ti/c1-2-4-6-7-5-3-1;1-2-4-5-3-1;;/h;1H,2-5H2;1H3;/q;2*-1;+2. The Kier molecular flexibility index (Phi) is 13.6. The molecule has 1 fully saturated rings. The van der Waals surface area contributed by atoms with Gasteiger partial charge < -0.3 is 13.8 Å². The van der Waals surface area contributed by atoms with Crippen molar-refractivity contribution < 1.29 is 21.7 Å². The van der Waals surface area contributed by atoms with Crippen LogP contribution in [0, 0.1) is 13.8 Å². The predicted molar refractivity (Wildman–Crippen MR) is 53.8 cm³/mol. The van der Waals surface area contributed by atoms with Gasteiger partial charge in [-0.25, -0.2) is 0 Å². The van der Waals surface area contributed by atoms with E-state index in [2.05, 4.69) is 46.5 Å². The molecule has 1 heteroatoms. The van der Waals surface area contributed by atoms with Crippen LogP contribution in [0.1, 0.15) is 25.7 Å². The van der Waals surface area contributed by atoms with Gasteiger partial charge in [0.15, 0.2) is 0 Å². The van der Waals surface area contributed by atoms with Gasteiger partial charge >= 0.3 is 21.7 Å². The monoisotopic (exact) mass is 216 g/mol. The topological polar surface area (TPSA) is 0 Å². The van der Waals surface area contributed by atoms with Crippen LogP contribution in [0.5, 0.6) is 0 Å². The molecule has 0 atom stereocenters. The van der Waals surface area contributed by atoms with Gasteiger partial charge in [0, 0.05) is 40.1 Å². The Morgan fingerprint density at radius 3 is 1.07 bits per heavy atom. The molecule has 0 aliphatic heterocycles. The normalized spacial score (nSPS) is 12.6. The van der Waals surface area contributed by atoms with Crippen molar-refractivity contribution in [2.75, 3.05) is 0 Å². The van der Waals surface area contributed by atoms with Crippen molar-refractivity contribution in [2.24, 2.45) is 0 Å². The zero-order valence-electron chi connectivity index (χ0n) is 8.41. The molecule has 0 heterocycles. The van der Waals surface area contributed by atoms with E-state index in [4.69, 9.17) is 0 Å². The fourth-order valence-electron chi connectivity index (χ4n) is 0.940. The van der Waals surface area contributed by atoms with E-state index >= 15 is 0 Å². The van der Waals surface area contributed by atoms with Crippen molar-refractivity contribution >= 4 is 0 Å². The van der Waals surface area contributed by atoms with Crippen LogP contribution < -0.4 is 0 Å². The summed E-state index contributed by atoms with van der Waals surface area (Å²) in [5.74, 6) is 0. The SMILES string of the molecule is C1=C=C=C=C=C=C=1.[CH-]1CCCC1.[CH3-].[Ti+2]. The van der Waals surface area contributed by atoms with E-state index in [1.807, 2.05) is 0 Å². The van der Waals surface area contributed by atoms with Crippen molar-refractivity contribution in [3.8, 4) is 0 Å². The van der Waals surface area contributed by atoms with Gasteiger partial charge in [0.05, 0.1) is 0 Å². The fourth-order valence-corrected chi connectivity index (χ4v) is 0.940. The first-order valence-electron chi connectivity index (χ1n) is 4.07. The van der Waals surface area contributed by atoms with Gasteiger partial charge in [0.25, 0.3) is 0 Å². The maximum atomic E-state index is 2.50. The molecule has 0 unspecified atom stereocenters. The Bertz CT molecular complexity index is 265. The molecule has 68 valence electrons. The van der Waals surface area contributed by atoms with Crippen LogP contribution in [0.3, 0.4) is 0 Å². The molecule has 0 N–H and O–H groups in total. The van der Waals surface area contributed by atoms with E-state index in [9.17, 15) is 0 Å². The molecule has 0 nitrogen and oxygen atoms in total. The fraction of sp³-hybridized carbons (Fsp3) is 0.308. The first-order valence-corrected chi connectivity index (χ1v) is 4.07. The van der Waals surface area contributed by atoms with Crippen molar-refractivity contribution in [3.05, 3.63) is 54.0 Å². The van der Waals surface area contributed by atoms with Crippen molar-refractivity contribution in [2.45, 2.75) is 25.7 Å². The third-order valence-corrected chi connectivity index (χ3v) is 1.50. The van der Waals surface area contributed by atoms with Gasteiger partial charge in [-0.1, -0.05) is 12.8 Å². The molecule has 0 aromatic rings. The average molecular weight is 216 g/mol. The summed E-state index contributed by atoms with van der Waals surface area (Å²) in [7, 11) is 0. The second kappa shape index (κ2) is 12.2. The third kappa shape index (κ3) is 9.26. The minimum absolute atomic E-state index is 0. The molecule has 0 amide bonds. The van der Waals surface area contributed by atoms with Gasteiger partial charge in [-0.3, -0.25) is 0 Å². The summed E-state index contributed by atoms with van der Waals surface area (Å²) in [6.07, 6.45) is 8.00. The van der Waals surface area contributed by atoms with E-state index in [0.29, 0.717) is 0 Å². The van der Waals surface area contributed by atoms with E-state index in [-0.39, 0.29) is 29.1 Å². The summed E-state index contributed by atoms with van der Waals surface area (Å²) in [5.41, 5.74) is 17.5. The van der Waals surface area contributed by atoms with E-state index < -0.39 is 0 Å². The summed E-state index contributed by atoms with van der Waals surface area (Å²) in [6, 6.07) is 0. The maximum Gasteiger partial charge on any atom is 2.00 e. The first kappa shape index (κ1) is 15.6. The minimum Gasteiger partial charge on any atom is -0.358 e. The molecule has 0 radical (unpaired) electrons. The number of hydrogen-bond acceptors (Lipinski definition) is 0. The van der Waals surface area contributed by atoms with Crippen LogP contribution in [0.15, 0.2) is 40.1 Å². The van der Waals surface area contributed by atoms with Crippen LogP contribution in [-0.2, 0) is 21.7 Å². The molecular formula is C13H12Ti. The molecule has 0 saturated heterocycles. The smallest absolute Gasteiger partial charge is 0.358 e. The van der Waals surface area contributed by atoms with Crippen LogP contribution in [0.25, 0.3) is 0 Å². The van der Waals surface area contributed by atoms with Gasteiger partial charge in [-0.2, -0.15) is 12.8 Å². The van der Waals surface area contributed by atoms with Crippen molar-refractivity contribution in [1.29, 1.82) is 0 Å². The molecule has 0 aromatic heterocycles. The molecule has 0 aromatic carbocycles. The van der Waals surface area contributed by atoms with Crippen molar-refractivity contribution in [3.63, 3.8) is 0 Å². The third-order valence-electron chi connectivity index (χ3n) is 1.50. The van der Waals surface area contributed by atoms with Gasteiger partial charge in [-0.15, -0.1) is 0 Å². The van der Waals surface area contributed by atoms with E-state index in [0.717, 1.165) is 0 Å². The Labute approximate surface area is 101 Å². The van der Waals surface area contributed by atoms with Crippen LogP contribution in [0.2, 0.25) is 0 Å². The Morgan fingerprint density at radius 1 is 0.643 bits per heavy atom. The molecule has 0 bridgehead atoms. The van der Waals surface area contributed by atoms with Crippen LogP contribution >= 0.6 is 0 Å². The molecule has 2 aliphatic rings. The molecule has 14 heavy (non-hydrogen) atoms. The zero-order chi connectivity index (χ0) is 8.49. The number of rotatable bonds is 0. The summed E-state index contributed by atoms with van der Waals surface area (Å²) in [6.45, 7) is 0. The Morgan fingerprint density at radius 2 is 0.929 bits per heavy atom. The van der Waals surface area contributed by atoms with Crippen LogP contribution in [-0.4, -0.2) is 0 Å². The van der Waals surface area contributed by atoms with Gasteiger partial charge in [-0.05, 0) is 0 Å². The van der Waals surface area contributed by atoms with Crippen LogP contribution in [0.4, 0.5) is 0 Å². The molecule has 0 spiro atoms. The van der Waals surface area contributed by atoms with E-state index in [1.54, 1.807) is 0 Å². The van der Waals surface area contributed by atoms with Crippen molar-refractivity contribution in [1.82, 2.24) is 0 Å². The zero-order valence-corrected chi connectivity index (χ0v) is 9.97. The Hall–Kier alpha value is -0.826. The van der Waals surface area contributed by atoms with E-state index in [1.165, 1.54) is 25.7 Å². The molecule has 1 saturated carbocycles. The summed E-state index contributed by atoms with van der Waals surface area (Å²) in [5, 5.41) is 0. The molecule has 2 aliphatic carbocycles. The molecular weight excluding hydrogens is 204 g/mol. The van der Waals surface area contributed by atoms with Gasteiger partial charge in [0.1, 0.15) is 0 Å². The first-order chi connectivity index (χ1) is 6.00. The largest absolute Gasteiger partial charge is 2.00 e. The quantitative estimate of drug-likeness (QED) is 0.354. The molecule has 2 rings (SSSR count).